The molecule has 1 aromatic heterocycles. The lowest BCUT2D eigenvalue weighted by molar-refractivity contribution is -0.384. The first kappa shape index (κ1) is 13.1. The summed E-state index contributed by atoms with van der Waals surface area (Å²) >= 11 is 0. The monoisotopic (exact) mass is 275 g/mol. The van der Waals surface area contributed by atoms with Crippen LogP contribution in [0.25, 0.3) is 11.1 Å². The Morgan fingerprint density at radius 1 is 1.35 bits per heavy atom. The predicted octanol–water partition coefficient (Wildman–Crippen LogP) is 3.16. The fourth-order valence-electron chi connectivity index (χ4n) is 2.69. The van der Waals surface area contributed by atoms with E-state index in [9.17, 15) is 10.1 Å². The van der Waals surface area contributed by atoms with Crippen molar-refractivity contribution in [1.29, 1.82) is 0 Å². The van der Waals surface area contributed by atoms with E-state index >= 15 is 0 Å². The SMILES string of the molecule is O=[N+]([O-])c1ccc2nc(CNC3CCCCC3)oc2c1. The Morgan fingerprint density at radius 2 is 2.15 bits per heavy atom. The molecule has 0 saturated heterocycles. The first-order valence-electron chi connectivity index (χ1n) is 6.99. The summed E-state index contributed by atoms with van der Waals surface area (Å²) in [6.45, 7) is 0.577. The Kier molecular flexibility index (Phi) is 3.64. The number of nitrogens with zero attached hydrogens (tertiary/aromatic N) is 2. The zero-order valence-electron chi connectivity index (χ0n) is 11.2. The first-order valence-corrected chi connectivity index (χ1v) is 6.99. The van der Waals surface area contributed by atoms with Crippen molar-refractivity contribution in [3.8, 4) is 0 Å². The number of benzene rings is 1. The molecule has 0 amide bonds. The zero-order valence-corrected chi connectivity index (χ0v) is 11.2. The second kappa shape index (κ2) is 5.58. The molecule has 0 radical (unpaired) electrons. The smallest absolute Gasteiger partial charge is 0.273 e. The molecule has 0 atom stereocenters. The van der Waals surface area contributed by atoms with Crippen LogP contribution in [-0.2, 0) is 6.54 Å². The van der Waals surface area contributed by atoms with Crippen LogP contribution in [0.15, 0.2) is 22.6 Å². The summed E-state index contributed by atoms with van der Waals surface area (Å²) in [6.07, 6.45) is 6.27. The summed E-state index contributed by atoms with van der Waals surface area (Å²) in [5.74, 6) is 0.589. The maximum atomic E-state index is 10.7. The van der Waals surface area contributed by atoms with Crippen LogP contribution in [0.1, 0.15) is 38.0 Å². The van der Waals surface area contributed by atoms with E-state index in [-0.39, 0.29) is 5.69 Å². The molecule has 1 saturated carbocycles. The van der Waals surface area contributed by atoms with Crippen molar-refractivity contribution in [3.63, 3.8) is 0 Å². The van der Waals surface area contributed by atoms with Gasteiger partial charge in [0.05, 0.1) is 17.5 Å². The number of fused-ring (bicyclic) bond motifs is 1. The third-order valence-electron chi connectivity index (χ3n) is 3.77. The van der Waals surface area contributed by atoms with Gasteiger partial charge in [0.15, 0.2) is 5.58 Å². The second-order valence-electron chi connectivity index (χ2n) is 5.23. The summed E-state index contributed by atoms with van der Waals surface area (Å²) in [7, 11) is 0. The minimum Gasteiger partial charge on any atom is -0.439 e. The molecule has 6 heteroatoms. The van der Waals surface area contributed by atoms with Crippen molar-refractivity contribution in [2.75, 3.05) is 0 Å². The van der Waals surface area contributed by atoms with Crippen LogP contribution in [0.2, 0.25) is 0 Å². The standard InChI is InChI=1S/C14H17N3O3/c18-17(19)11-6-7-12-13(8-11)20-14(16-12)9-15-10-4-2-1-3-5-10/h6-8,10,15H,1-5,9H2. The quantitative estimate of drug-likeness (QED) is 0.684. The number of non-ortho nitro benzene ring substituents is 1. The Labute approximate surface area is 116 Å². The minimum atomic E-state index is -0.429. The minimum absolute atomic E-state index is 0.0282. The lowest BCUT2D eigenvalue weighted by Crippen LogP contribution is -2.30. The van der Waals surface area contributed by atoms with E-state index in [0.717, 1.165) is 0 Å². The number of nitro benzene ring substituents is 1. The number of hydrogen-bond donors (Lipinski definition) is 1. The molecule has 3 rings (SSSR count). The number of oxazole rings is 1. The van der Waals surface area contributed by atoms with Crippen molar-refractivity contribution in [3.05, 3.63) is 34.2 Å². The highest BCUT2D eigenvalue weighted by atomic mass is 16.6. The van der Waals surface area contributed by atoms with Crippen LogP contribution in [-0.4, -0.2) is 15.9 Å². The highest BCUT2D eigenvalue weighted by Gasteiger charge is 2.15. The highest BCUT2D eigenvalue weighted by Crippen LogP contribution is 2.22. The molecule has 1 N–H and O–H groups in total. The number of nitro groups is 1. The third kappa shape index (κ3) is 2.80. The fraction of sp³-hybridized carbons (Fsp3) is 0.500. The van der Waals surface area contributed by atoms with Gasteiger partial charge in [0.1, 0.15) is 5.52 Å². The Bertz CT molecular complexity index is 617. The maximum Gasteiger partial charge on any atom is 0.273 e. The molecule has 0 bridgehead atoms. The molecule has 6 nitrogen and oxygen atoms in total. The molecule has 1 heterocycles. The molecule has 1 aliphatic carbocycles. The molecule has 20 heavy (non-hydrogen) atoms. The number of rotatable bonds is 4. The maximum absolute atomic E-state index is 10.7. The van der Waals surface area contributed by atoms with Gasteiger partial charge in [-0.25, -0.2) is 4.98 Å². The molecular formula is C14H17N3O3. The van der Waals surface area contributed by atoms with Crippen LogP contribution in [0, 0.1) is 10.1 Å². The van der Waals surface area contributed by atoms with E-state index in [0.29, 0.717) is 29.6 Å². The zero-order chi connectivity index (χ0) is 13.9. The molecule has 0 unspecified atom stereocenters. The normalized spacial score (nSPS) is 16.6. The van der Waals surface area contributed by atoms with Crippen LogP contribution in [0.3, 0.4) is 0 Å². The van der Waals surface area contributed by atoms with E-state index in [1.807, 2.05) is 0 Å². The molecular weight excluding hydrogens is 258 g/mol. The summed E-state index contributed by atoms with van der Waals surface area (Å²) in [6, 6.07) is 5.03. The van der Waals surface area contributed by atoms with Crippen molar-refractivity contribution in [1.82, 2.24) is 10.3 Å². The van der Waals surface area contributed by atoms with Crippen LogP contribution < -0.4 is 5.32 Å². The van der Waals surface area contributed by atoms with E-state index in [4.69, 9.17) is 4.42 Å². The number of hydrogen-bond acceptors (Lipinski definition) is 5. The van der Waals surface area contributed by atoms with Gasteiger partial charge in [0.25, 0.3) is 5.69 Å². The van der Waals surface area contributed by atoms with Gasteiger partial charge < -0.3 is 9.73 Å². The number of aromatic nitrogens is 1. The van der Waals surface area contributed by atoms with Crippen molar-refractivity contribution in [2.24, 2.45) is 0 Å². The Balaban J connectivity index is 1.70. The average Bonchev–Trinajstić information content (AvgIpc) is 2.88. The van der Waals surface area contributed by atoms with Gasteiger partial charge in [0, 0.05) is 12.1 Å². The van der Waals surface area contributed by atoms with Crippen molar-refractivity contribution >= 4 is 16.8 Å². The molecule has 106 valence electrons. The Hall–Kier alpha value is -1.95. The molecule has 1 fully saturated rings. The van der Waals surface area contributed by atoms with Crippen LogP contribution in [0.4, 0.5) is 5.69 Å². The molecule has 0 aliphatic heterocycles. The van der Waals surface area contributed by atoms with Gasteiger partial charge in [-0.3, -0.25) is 10.1 Å². The molecule has 2 aromatic rings. The topological polar surface area (TPSA) is 81.2 Å². The van der Waals surface area contributed by atoms with E-state index in [1.54, 1.807) is 6.07 Å². The van der Waals surface area contributed by atoms with Crippen LogP contribution in [0.5, 0.6) is 0 Å². The second-order valence-corrected chi connectivity index (χ2v) is 5.23. The fourth-order valence-corrected chi connectivity index (χ4v) is 2.69. The predicted molar refractivity (Wildman–Crippen MR) is 74.4 cm³/mol. The van der Waals surface area contributed by atoms with E-state index < -0.39 is 4.92 Å². The largest absolute Gasteiger partial charge is 0.439 e. The van der Waals surface area contributed by atoms with Crippen molar-refractivity contribution < 1.29 is 9.34 Å². The van der Waals surface area contributed by atoms with Crippen LogP contribution >= 0.6 is 0 Å². The lowest BCUT2D eigenvalue weighted by Gasteiger charge is -2.21. The Morgan fingerprint density at radius 3 is 2.90 bits per heavy atom. The number of nitrogens with one attached hydrogen (secondary N) is 1. The summed E-state index contributed by atoms with van der Waals surface area (Å²) < 4.78 is 5.57. The lowest BCUT2D eigenvalue weighted by atomic mass is 9.95. The van der Waals surface area contributed by atoms with Gasteiger partial charge in [-0.15, -0.1) is 0 Å². The van der Waals surface area contributed by atoms with Gasteiger partial charge in [0.2, 0.25) is 5.89 Å². The van der Waals surface area contributed by atoms with E-state index in [2.05, 4.69) is 10.3 Å². The highest BCUT2D eigenvalue weighted by molar-refractivity contribution is 5.75. The van der Waals surface area contributed by atoms with E-state index in [1.165, 1.54) is 44.2 Å². The van der Waals surface area contributed by atoms with Gasteiger partial charge >= 0.3 is 0 Å². The molecule has 1 aromatic carbocycles. The van der Waals surface area contributed by atoms with Gasteiger partial charge in [-0.05, 0) is 18.9 Å². The molecule has 1 aliphatic rings. The molecule has 0 spiro atoms. The summed E-state index contributed by atoms with van der Waals surface area (Å²) in [4.78, 5) is 14.6. The van der Waals surface area contributed by atoms with Gasteiger partial charge in [-0.2, -0.15) is 0 Å². The van der Waals surface area contributed by atoms with Gasteiger partial charge in [-0.1, -0.05) is 19.3 Å². The first-order chi connectivity index (χ1) is 9.72. The average molecular weight is 275 g/mol. The van der Waals surface area contributed by atoms with Crippen molar-refractivity contribution in [2.45, 2.75) is 44.7 Å². The summed E-state index contributed by atoms with van der Waals surface area (Å²) in [5, 5.41) is 14.2. The summed E-state index contributed by atoms with van der Waals surface area (Å²) in [5.41, 5.74) is 1.16. The third-order valence-corrected chi connectivity index (χ3v) is 3.77.